The molecule has 0 unspecified atom stereocenters. The summed E-state index contributed by atoms with van der Waals surface area (Å²) in [5.74, 6) is -1.03. The van der Waals surface area contributed by atoms with Crippen molar-refractivity contribution in [2.75, 3.05) is 16.8 Å². The second-order valence-corrected chi connectivity index (χ2v) is 5.89. The molecule has 2 amide bonds. The molecular formula is C22H19FN2O2. The van der Waals surface area contributed by atoms with Crippen LogP contribution in [-0.4, -0.2) is 18.4 Å². The number of amides is 2. The Morgan fingerprint density at radius 1 is 0.889 bits per heavy atom. The number of nitrogens with one attached hydrogen (secondary N) is 1. The highest BCUT2D eigenvalue weighted by atomic mass is 19.1. The van der Waals surface area contributed by atoms with E-state index in [9.17, 15) is 14.0 Å². The lowest BCUT2D eigenvalue weighted by Crippen LogP contribution is -2.31. The average molecular weight is 362 g/mol. The molecule has 0 aliphatic carbocycles. The van der Waals surface area contributed by atoms with Gasteiger partial charge in [0.1, 0.15) is 5.82 Å². The molecule has 0 radical (unpaired) electrons. The van der Waals surface area contributed by atoms with Crippen molar-refractivity contribution in [1.82, 2.24) is 0 Å². The van der Waals surface area contributed by atoms with Crippen LogP contribution in [0.15, 0.2) is 78.9 Å². The van der Waals surface area contributed by atoms with Gasteiger partial charge in [-0.2, -0.15) is 0 Å². The second kappa shape index (κ2) is 8.27. The van der Waals surface area contributed by atoms with Crippen LogP contribution in [-0.2, 0) is 0 Å². The zero-order chi connectivity index (χ0) is 19.2. The molecule has 136 valence electrons. The van der Waals surface area contributed by atoms with Crippen LogP contribution in [0.2, 0.25) is 0 Å². The minimum Gasteiger partial charge on any atom is -0.321 e. The Balaban J connectivity index is 1.88. The van der Waals surface area contributed by atoms with Crippen LogP contribution in [0, 0.1) is 5.82 Å². The molecule has 27 heavy (non-hydrogen) atoms. The van der Waals surface area contributed by atoms with Crippen LogP contribution in [0.5, 0.6) is 0 Å². The van der Waals surface area contributed by atoms with E-state index in [1.807, 2.05) is 37.3 Å². The van der Waals surface area contributed by atoms with Gasteiger partial charge in [-0.15, -0.1) is 0 Å². The van der Waals surface area contributed by atoms with Gasteiger partial charge >= 0.3 is 0 Å². The number of anilines is 2. The molecule has 5 heteroatoms. The van der Waals surface area contributed by atoms with Crippen molar-refractivity contribution in [1.29, 1.82) is 0 Å². The van der Waals surface area contributed by atoms with E-state index in [0.29, 0.717) is 23.4 Å². The summed E-state index contributed by atoms with van der Waals surface area (Å²) in [7, 11) is 0. The maximum atomic E-state index is 13.1. The number of hydrogen-bond donors (Lipinski definition) is 1. The molecule has 0 spiro atoms. The first kappa shape index (κ1) is 18.3. The van der Waals surface area contributed by atoms with E-state index >= 15 is 0 Å². The third kappa shape index (κ3) is 4.20. The smallest absolute Gasteiger partial charge is 0.260 e. The summed E-state index contributed by atoms with van der Waals surface area (Å²) in [5, 5.41) is 2.75. The lowest BCUT2D eigenvalue weighted by atomic mass is 10.1. The zero-order valence-corrected chi connectivity index (χ0v) is 14.9. The number of para-hydroxylation sites is 2. The normalized spacial score (nSPS) is 10.3. The summed E-state index contributed by atoms with van der Waals surface area (Å²) in [4.78, 5) is 27.2. The molecule has 0 bridgehead atoms. The molecule has 4 nitrogen and oxygen atoms in total. The van der Waals surface area contributed by atoms with Gasteiger partial charge < -0.3 is 10.2 Å². The summed E-state index contributed by atoms with van der Waals surface area (Å²) in [5.41, 5.74) is 1.89. The van der Waals surface area contributed by atoms with E-state index in [4.69, 9.17) is 0 Å². The number of carbonyl (C=O) groups excluding carboxylic acids is 2. The van der Waals surface area contributed by atoms with E-state index in [1.54, 1.807) is 29.2 Å². The van der Waals surface area contributed by atoms with Gasteiger partial charge in [-0.3, -0.25) is 9.59 Å². The third-order valence-electron chi connectivity index (χ3n) is 4.14. The molecule has 3 aromatic rings. The van der Waals surface area contributed by atoms with Gasteiger partial charge in [0.2, 0.25) is 0 Å². The van der Waals surface area contributed by atoms with Crippen LogP contribution < -0.4 is 10.2 Å². The molecular weight excluding hydrogens is 343 g/mol. The van der Waals surface area contributed by atoms with Crippen molar-refractivity contribution >= 4 is 23.2 Å². The number of carbonyl (C=O) groups is 2. The first-order chi connectivity index (χ1) is 13.1. The number of hydrogen-bond acceptors (Lipinski definition) is 2. The van der Waals surface area contributed by atoms with E-state index in [1.165, 1.54) is 24.3 Å². The molecule has 3 aromatic carbocycles. The molecule has 0 heterocycles. The summed E-state index contributed by atoms with van der Waals surface area (Å²) in [6.45, 7) is 2.38. The minimum absolute atomic E-state index is 0.210. The van der Waals surface area contributed by atoms with Gasteiger partial charge in [0.25, 0.3) is 11.8 Å². The molecule has 3 rings (SSSR count). The largest absolute Gasteiger partial charge is 0.321 e. The van der Waals surface area contributed by atoms with Crippen molar-refractivity contribution in [3.8, 4) is 0 Å². The second-order valence-electron chi connectivity index (χ2n) is 5.89. The maximum Gasteiger partial charge on any atom is 0.260 e. The van der Waals surface area contributed by atoms with Crippen LogP contribution in [0.25, 0.3) is 0 Å². The summed E-state index contributed by atoms with van der Waals surface area (Å²) >= 11 is 0. The van der Waals surface area contributed by atoms with Crippen molar-refractivity contribution in [2.45, 2.75) is 6.92 Å². The van der Waals surface area contributed by atoms with Gasteiger partial charge in [0, 0.05) is 17.8 Å². The molecule has 0 aliphatic heterocycles. The number of nitrogens with zero attached hydrogens (tertiary/aromatic N) is 1. The van der Waals surface area contributed by atoms with E-state index in [0.717, 1.165) is 5.69 Å². The van der Waals surface area contributed by atoms with E-state index in [-0.39, 0.29) is 5.91 Å². The Morgan fingerprint density at radius 2 is 1.52 bits per heavy atom. The maximum absolute atomic E-state index is 13.1. The number of halogens is 1. The molecule has 0 aromatic heterocycles. The lowest BCUT2D eigenvalue weighted by Gasteiger charge is -2.22. The fraction of sp³-hybridized carbons (Fsp3) is 0.0909. The molecule has 0 atom stereocenters. The Kier molecular flexibility index (Phi) is 5.61. The van der Waals surface area contributed by atoms with Crippen molar-refractivity contribution < 1.29 is 14.0 Å². The Bertz CT molecular complexity index is 940. The van der Waals surface area contributed by atoms with E-state index in [2.05, 4.69) is 5.32 Å². The predicted octanol–water partition coefficient (Wildman–Crippen LogP) is 4.74. The van der Waals surface area contributed by atoms with E-state index < -0.39 is 11.7 Å². The van der Waals surface area contributed by atoms with Gasteiger partial charge in [-0.05, 0) is 55.5 Å². The lowest BCUT2D eigenvalue weighted by molar-refractivity contribution is 0.0989. The summed E-state index contributed by atoms with van der Waals surface area (Å²) < 4.78 is 13.1. The van der Waals surface area contributed by atoms with Crippen LogP contribution in [0.4, 0.5) is 15.8 Å². The number of benzene rings is 3. The molecule has 0 aliphatic rings. The fourth-order valence-corrected chi connectivity index (χ4v) is 2.77. The quantitative estimate of drug-likeness (QED) is 0.712. The standard InChI is InChI=1S/C22H19FN2O2/c1-2-25(18-8-4-3-5-9-18)22(27)19-10-6-7-11-20(19)24-21(26)16-12-14-17(23)15-13-16/h3-15H,2H2,1H3,(H,24,26). The van der Waals surface area contributed by atoms with Gasteiger partial charge in [-0.25, -0.2) is 4.39 Å². The Hall–Kier alpha value is -3.47. The monoisotopic (exact) mass is 362 g/mol. The highest BCUT2D eigenvalue weighted by Gasteiger charge is 2.20. The molecule has 0 saturated carbocycles. The fourth-order valence-electron chi connectivity index (χ4n) is 2.77. The van der Waals surface area contributed by atoms with Gasteiger partial charge in [0.05, 0.1) is 11.3 Å². The first-order valence-corrected chi connectivity index (χ1v) is 8.63. The first-order valence-electron chi connectivity index (χ1n) is 8.63. The van der Waals surface area contributed by atoms with Crippen LogP contribution in [0.3, 0.4) is 0 Å². The SMILES string of the molecule is CCN(C(=O)c1ccccc1NC(=O)c1ccc(F)cc1)c1ccccc1. The van der Waals surface area contributed by atoms with Crippen molar-refractivity contribution in [2.24, 2.45) is 0 Å². The van der Waals surface area contributed by atoms with Crippen LogP contribution >= 0.6 is 0 Å². The van der Waals surface area contributed by atoms with Gasteiger partial charge in [0.15, 0.2) is 0 Å². The average Bonchev–Trinajstić information content (AvgIpc) is 2.70. The van der Waals surface area contributed by atoms with Crippen LogP contribution in [0.1, 0.15) is 27.6 Å². The predicted molar refractivity (Wildman–Crippen MR) is 105 cm³/mol. The number of rotatable bonds is 5. The highest BCUT2D eigenvalue weighted by molar-refractivity contribution is 6.13. The minimum atomic E-state index is -0.413. The zero-order valence-electron chi connectivity index (χ0n) is 14.9. The molecule has 1 N–H and O–H groups in total. The topological polar surface area (TPSA) is 49.4 Å². The van der Waals surface area contributed by atoms with Crippen molar-refractivity contribution in [3.63, 3.8) is 0 Å². The highest BCUT2D eigenvalue weighted by Crippen LogP contribution is 2.22. The Morgan fingerprint density at radius 3 is 2.19 bits per heavy atom. The molecule has 0 fully saturated rings. The summed E-state index contributed by atoms with van der Waals surface area (Å²) in [6, 6.07) is 21.4. The van der Waals surface area contributed by atoms with Gasteiger partial charge in [-0.1, -0.05) is 30.3 Å². The molecule has 0 saturated heterocycles. The summed E-state index contributed by atoms with van der Waals surface area (Å²) in [6.07, 6.45) is 0. The third-order valence-corrected chi connectivity index (χ3v) is 4.14. The Labute approximate surface area is 157 Å². The van der Waals surface area contributed by atoms with Crippen molar-refractivity contribution in [3.05, 3.63) is 95.8 Å².